The summed E-state index contributed by atoms with van der Waals surface area (Å²) in [5.74, 6) is 0.236. The first-order valence-corrected chi connectivity index (χ1v) is 6.59. The molecule has 2 aromatic rings. The maximum absolute atomic E-state index is 9.46. The van der Waals surface area contributed by atoms with Crippen molar-refractivity contribution in [2.24, 2.45) is 5.92 Å². The van der Waals surface area contributed by atoms with Gasteiger partial charge in [-0.1, -0.05) is 36.4 Å². The van der Waals surface area contributed by atoms with E-state index < -0.39 is 0 Å². The summed E-state index contributed by atoms with van der Waals surface area (Å²) >= 11 is 0. The topological polar surface area (TPSA) is 29.5 Å². The molecular weight excluding hydrogens is 224 g/mol. The van der Waals surface area contributed by atoms with E-state index in [2.05, 4.69) is 42.5 Å². The Morgan fingerprint density at radius 1 is 1.11 bits per heavy atom. The van der Waals surface area contributed by atoms with Gasteiger partial charge in [-0.15, -0.1) is 0 Å². The minimum absolute atomic E-state index is 0.0494. The van der Waals surface area contributed by atoms with Crippen LogP contribution in [0, 0.1) is 5.92 Å². The fraction of sp³-hybridized carbons (Fsp3) is 0.375. The molecule has 0 radical (unpaired) electrons. The van der Waals surface area contributed by atoms with Gasteiger partial charge in [0.25, 0.3) is 0 Å². The predicted molar refractivity (Wildman–Crippen MR) is 72.5 cm³/mol. The zero-order valence-corrected chi connectivity index (χ0v) is 10.4. The van der Waals surface area contributed by atoms with Crippen LogP contribution in [0.3, 0.4) is 0 Å². The van der Waals surface area contributed by atoms with Crippen LogP contribution in [0.5, 0.6) is 0 Å². The second-order valence-corrected chi connectivity index (χ2v) is 4.98. The minimum Gasteiger partial charge on any atom is -0.396 e. The van der Waals surface area contributed by atoms with Crippen molar-refractivity contribution in [1.82, 2.24) is 0 Å². The molecule has 1 saturated heterocycles. The van der Waals surface area contributed by atoms with E-state index in [1.807, 2.05) is 0 Å². The summed E-state index contributed by atoms with van der Waals surface area (Å²) in [5, 5.41) is 11.9. The summed E-state index contributed by atoms with van der Waals surface area (Å²) < 4.78 is 5.86. The molecule has 0 aromatic heterocycles. The monoisotopic (exact) mass is 242 g/mol. The molecule has 2 atom stereocenters. The summed E-state index contributed by atoms with van der Waals surface area (Å²) in [6.45, 7) is 1.01. The van der Waals surface area contributed by atoms with Crippen LogP contribution in [0.1, 0.15) is 24.5 Å². The average Bonchev–Trinajstić information content (AvgIpc) is 2.46. The third-order valence-corrected chi connectivity index (χ3v) is 3.78. The first-order valence-electron chi connectivity index (χ1n) is 6.59. The molecule has 0 aliphatic carbocycles. The van der Waals surface area contributed by atoms with Crippen molar-refractivity contribution in [3.63, 3.8) is 0 Å². The van der Waals surface area contributed by atoms with Gasteiger partial charge in [0.15, 0.2) is 0 Å². The van der Waals surface area contributed by atoms with Crippen LogP contribution in [0.2, 0.25) is 0 Å². The average molecular weight is 242 g/mol. The van der Waals surface area contributed by atoms with Crippen molar-refractivity contribution in [2.45, 2.75) is 18.9 Å². The Bertz CT molecular complexity index is 535. The highest BCUT2D eigenvalue weighted by Crippen LogP contribution is 2.34. The van der Waals surface area contributed by atoms with Crippen LogP contribution >= 0.6 is 0 Å². The maximum atomic E-state index is 9.46. The molecule has 1 aliphatic heterocycles. The normalized spacial score (nSPS) is 24.3. The number of benzene rings is 2. The maximum Gasteiger partial charge on any atom is 0.0875 e. The molecular formula is C16H18O2. The van der Waals surface area contributed by atoms with Crippen LogP contribution in [-0.4, -0.2) is 18.3 Å². The molecule has 0 bridgehead atoms. The first-order chi connectivity index (χ1) is 8.88. The summed E-state index contributed by atoms with van der Waals surface area (Å²) in [7, 11) is 0. The first kappa shape index (κ1) is 11.7. The van der Waals surface area contributed by atoms with E-state index in [9.17, 15) is 5.11 Å². The van der Waals surface area contributed by atoms with Crippen molar-refractivity contribution in [1.29, 1.82) is 0 Å². The molecule has 94 valence electrons. The second kappa shape index (κ2) is 5.09. The van der Waals surface area contributed by atoms with Crippen molar-refractivity contribution < 1.29 is 9.84 Å². The molecule has 2 nitrogen and oxygen atoms in total. The van der Waals surface area contributed by atoms with Crippen LogP contribution in [0.4, 0.5) is 0 Å². The molecule has 0 saturated carbocycles. The Morgan fingerprint density at radius 3 is 2.78 bits per heavy atom. The van der Waals surface area contributed by atoms with E-state index >= 15 is 0 Å². The van der Waals surface area contributed by atoms with E-state index in [4.69, 9.17) is 4.74 Å². The molecule has 3 rings (SSSR count). The van der Waals surface area contributed by atoms with E-state index in [1.165, 1.54) is 16.3 Å². The highest BCUT2D eigenvalue weighted by Gasteiger charge is 2.26. The summed E-state index contributed by atoms with van der Waals surface area (Å²) in [5.41, 5.74) is 1.19. The van der Waals surface area contributed by atoms with Gasteiger partial charge in [0.1, 0.15) is 0 Å². The van der Waals surface area contributed by atoms with Gasteiger partial charge in [0, 0.05) is 19.1 Å². The molecule has 2 heteroatoms. The number of hydrogen-bond donors (Lipinski definition) is 1. The van der Waals surface area contributed by atoms with Crippen molar-refractivity contribution in [2.75, 3.05) is 13.2 Å². The Kier molecular flexibility index (Phi) is 3.31. The van der Waals surface area contributed by atoms with Gasteiger partial charge in [0.2, 0.25) is 0 Å². The van der Waals surface area contributed by atoms with Crippen LogP contribution < -0.4 is 0 Å². The predicted octanol–water partition coefficient (Wildman–Crippen LogP) is 3.30. The van der Waals surface area contributed by atoms with Crippen LogP contribution in [0.15, 0.2) is 42.5 Å². The third-order valence-electron chi connectivity index (χ3n) is 3.78. The van der Waals surface area contributed by atoms with Gasteiger partial charge < -0.3 is 9.84 Å². The lowest BCUT2D eigenvalue weighted by Crippen LogP contribution is -2.25. The van der Waals surface area contributed by atoms with Gasteiger partial charge in [0.05, 0.1) is 6.10 Å². The SMILES string of the molecule is OCC1CCCOC1c1ccc2ccccc2c1. The lowest BCUT2D eigenvalue weighted by molar-refractivity contribution is -0.0456. The number of aliphatic hydroxyl groups is 1. The Labute approximate surface area is 107 Å². The lowest BCUT2D eigenvalue weighted by atomic mass is 9.89. The molecule has 1 N–H and O–H groups in total. The third kappa shape index (κ3) is 2.14. The van der Waals surface area contributed by atoms with Gasteiger partial charge in [-0.3, -0.25) is 0 Å². The molecule has 18 heavy (non-hydrogen) atoms. The fourth-order valence-electron chi connectivity index (χ4n) is 2.78. The minimum atomic E-state index is 0.0494. The van der Waals surface area contributed by atoms with Gasteiger partial charge in [-0.05, 0) is 35.2 Å². The molecule has 0 amide bonds. The zero-order valence-electron chi connectivity index (χ0n) is 10.4. The van der Waals surface area contributed by atoms with Crippen molar-refractivity contribution >= 4 is 10.8 Å². The number of fused-ring (bicyclic) bond motifs is 1. The van der Waals surface area contributed by atoms with E-state index in [0.717, 1.165) is 19.4 Å². The van der Waals surface area contributed by atoms with Crippen molar-refractivity contribution in [3.8, 4) is 0 Å². The lowest BCUT2D eigenvalue weighted by Gasteiger charge is -2.31. The molecule has 0 spiro atoms. The largest absolute Gasteiger partial charge is 0.396 e. The molecule has 1 fully saturated rings. The van der Waals surface area contributed by atoms with E-state index in [1.54, 1.807) is 0 Å². The quantitative estimate of drug-likeness (QED) is 0.875. The number of aliphatic hydroxyl groups excluding tert-OH is 1. The van der Waals surface area contributed by atoms with E-state index in [0.29, 0.717) is 0 Å². The number of rotatable bonds is 2. The second-order valence-electron chi connectivity index (χ2n) is 4.98. The smallest absolute Gasteiger partial charge is 0.0875 e. The Balaban J connectivity index is 1.97. The Morgan fingerprint density at radius 2 is 1.94 bits per heavy atom. The summed E-state index contributed by atoms with van der Waals surface area (Å²) in [6.07, 6.45) is 2.15. The fourth-order valence-corrected chi connectivity index (χ4v) is 2.78. The highest BCUT2D eigenvalue weighted by molar-refractivity contribution is 5.83. The molecule has 2 unspecified atom stereocenters. The Hall–Kier alpha value is -1.38. The summed E-state index contributed by atoms with van der Waals surface area (Å²) in [4.78, 5) is 0. The number of ether oxygens (including phenoxy) is 1. The molecule has 1 heterocycles. The summed E-state index contributed by atoms with van der Waals surface area (Å²) in [6, 6.07) is 14.8. The van der Waals surface area contributed by atoms with Crippen LogP contribution in [0.25, 0.3) is 10.8 Å². The van der Waals surface area contributed by atoms with E-state index in [-0.39, 0.29) is 18.6 Å². The number of hydrogen-bond acceptors (Lipinski definition) is 2. The van der Waals surface area contributed by atoms with Crippen molar-refractivity contribution in [3.05, 3.63) is 48.0 Å². The molecule has 1 aliphatic rings. The zero-order chi connectivity index (χ0) is 12.4. The van der Waals surface area contributed by atoms with Gasteiger partial charge in [-0.25, -0.2) is 0 Å². The highest BCUT2D eigenvalue weighted by atomic mass is 16.5. The standard InChI is InChI=1S/C16H18O2/c17-11-15-6-3-9-18-16(15)14-8-7-12-4-1-2-5-13(12)10-14/h1-2,4-5,7-8,10,15-17H,3,6,9,11H2. The van der Waals surface area contributed by atoms with Gasteiger partial charge >= 0.3 is 0 Å². The van der Waals surface area contributed by atoms with Gasteiger partial charge in [-0.2, -0.15) is 0 Å². The van der Waals surface area contributed by atoms with Crippen LogP contribution in [-0.2, 0) is 4.74 Å². The molecule has 2 aromatic carbocycles.